The van der Waals surface area contributed by atoms with Crippen LogP contribution in [0.4, 0.5) is 0 Å². The Balaban J connectivity index is 1.37. The number of aliphatic hydroxyl groups is 1. The van der Waals surface area contributed by atoms with Gasteiger partial charge in [0.15, 0.2) is 0 Å². The van der Waals surface area contributed by atoms with E-state index in [1.54, 1.807) is 0 Å². The van der Waals surface area contributed by atoms with Gasteiger partial charge < -0.3 is 5.11 Å². The van der Waals surface area contributed by atoms with Gasteiger partial charge in [0, 0.05) is 12.1 Å². The Kier molecular flexibility index (Phi) is 5.14. The number of aromatic nitrogens is 2. The van der Waals surface area contributed by atoms with E-state index in [0.29, 0.717) is 5.92 Å². The summed E-state index contributed by atoms with van der Waals surface area (Å²) < 4.78 is 0. The van der Waals surface area contributed by atoms with Crippen LogP contribution >= 0.6 is 0 Å². The first-order valence-electron chi connectivity index (χ1n) is 9.34. The molecule has 134 valence electrons. The Bertz CT molecular complexity index is 808. The predicted octanol–water partition coefficient (Wildman–Crippen LogP) is 4.02. The minimum atomic E-state index is -0.354. The van der Waals surface area contributed by atoms with E-state index in [0.717, 1.165) is 43.7 Å². The van der Waals surface area contributed by atoms with Crippen molar-refractivity contribution in [3.05, 3.63) is 78.0 Å². The summed E-state index contributed by atoms with van der Waals surface area (Å²) in [5.74, 6) is 0.339. The highest BCUT2D eigenvalue weighted by Gasteiger charge is 2.26. The van der Waals surface area contributed by atoms with Crippen molar-refractivity contribution in [2.45, 2.75) is 25.5 Å². The molecule has 4 nitrogen and oxygen atoms in total. The monoisotopic (exact) mass is 347 g/mol. The maximum absolute atomic E-state index is 10.6. The van der Waals surface area contributed by atoms with Gasteiger partial charge >= 0.3 is 0 Å². The molecule has 1 saturated heterocycles. The Morgan fingerprint density at radius 2 is 1.65 bits per heavy atom. The predicted molar refractivity (Wildman–Crippen MR) is 103 cm³/mol. The number of nitrogens with one attached hydrogen (secondary N) is 1. The fourth-order valence-electron chi connectivity index (χ4n) is 3.88. The molecule has 3 aromatic rings. The summed E-state index contributed by atoms with van der Waals surface area (Å²) in [4.78, 5) is 2.46. The Labute approximate surface area is 154 Å². The third-order valence-electron chi connectivity index (χ3n) is 5.39. The van der Waals surface area contributed by atoms with Crippen molar-refractivity contribution in [2.75, 3.05) is 13.1 Å². The lowest BCUT2D eigenvalue weighted by molar-refractivity contribution is 0.0568. The summed E-state index contributed by atoms with van der Waals surface area (Å²) in [5.41, 5.74) is 4.55. The molecule has 1 aromatic heterocycles. The summed E-state index contributed by atoms with van der Waals surface area (Å²) in [6.45, 7) is 2.91. The van der Waals surface area contributed by atoms with Crippen LogP contribution in [0.1, 0.15) is 30.1 Å². The van der Waals surface area contributed by atoms with Crippen LogP contribution in [0.25, 0.3) is 11.3 Å². The Morgan fingerprint density at radius 3 is 2.35 bits per heavy atom. The molecule has 1 aliphatic rings. The van der Waals surface area contributed by atoms with Crippen molar-refractivity contribution >= 4 is 0 Å². The standard InChI is InChI=1S/C22H25N3O/c26-22(18-9-5-2-6-10-18)19-11-13-25(14-12-19)16-20-15-23-24-21(20)17-7-3-1-4-8-17/h1-10,15,19,22,26H,11-14,16H2,(H,23,24). The molecule has 0 bridgehead atoms. The molecular formula is C22H25N3O. The normalized spacial score (nSPS) is 17.3. The maximum atomic E-state index is 10.6. The summed E-state index contributed by atoms with van der Waals surface area (Å²) in [6, 6.07) is 20.4. The van der Waals surface area contributed by atoms with Crippen molar-refractivity contribution in [3.63, 3.8) is 0 Å². The number of hydrogen-bond donors (Lipinski definition) is 2. The first kappa shape index (κ1) is 17.0. The largest absolute Gasteiger partial charge is 0.388 e. The van der Waals surface area contributed by atoms with Gasteiger partial charge in [-0.25, -0.2) is 0 Å². The van der Waals surface area contributed by atoms with Gasteiger partial charge in [0.1, 0.15) is 0 Å². The van der Waals surface area contributed by atoms with Crippen LogP contribution in [0.15, 0.2) is 66.9 Å². The van der Waals surface area contributed by atoms with Gasteiger partial charge in [-0.2, -0.15) is 5.10 Å². The molecule has 1 atom stereocenters. The average Bonchev–Trinajstić information content (AvgIpc) is 3.17. The van der Waals surface area contributed by atoms with Crippen molar-refractivity contribution in [1.29, 1.82) is 0 Å². The molecular weight excluding hydrogens is 322 g/mol. The molecule has 0 saturated carbocycles. The highest BCUT2D eigenvalue weighted by Crippen LogP contribution is 2.31. The van der Waals surface area contributed by atoms with Gasteiger partial charge in [0.05, 0.1) is 18.0 Å². The van der Waals surface area contributed by atoms with Gasteiger partial charge in [-0.15, -0.1) is 0 Å². The molecule has 2 N–H and O–H groups in total. The summed E-state index contributed by atoms with van der Waals surface area (Å²) in [5, 5.41) is 18.0. The number of aliphatic hydroxyl groups excluding tert-OH is 1. The molecule has 4 rings (SSSR count). The van der Waals surface area contributed by atoms with E-state index in [1.807, 2.05) is 42.6 Å². The minimum absolute atomic E-state index is 0.339. The topological polar surface area (TPSA) is 52.1 Å². The molecule has 1 unspecified atom stereocenters. The molecule has 0 aliphatic carbocycles. The minimum Gasteiger partial charge on any atom is -0.388 e. The number of H-pyrrole nitrogens is 1. The molecule has 2 aromatic carbocycles. The number of aromatic amines is 1. The van der Waals surface area contributed by atoms with E-state index in [4.69, 9.17) is 0 Å². The zero-order valence-corrected chi connectivity index (χ0v) is 14.9. The lowest BCUT2D eigenvalue weighted by Crippen LogP contribution is -2.35. The van der Waals surface area contributed by atoms with E-state index in [2.05, 4.69) is 39.4 Å². The quantitative estimate of drug-likeness (QED) is 0.733. The first-order valence-corrected chi connectivity index (χ1v) is 9.34. The van der Waals surface area contributed by atoms with Crippen LogP contribution in [-0.4, -0.2) is 33.3 Å². The second-order valence-electron chi connectivity index (χ2n) is 7.11. The molecule has 26 heavy (non-hydrogen) atoms. The first-order chi connectivity index (χ1) is 12.8. The summed E-state index contributed by atoms with van der Waals surface area (Å²) in [6.07, 6.45) is 3.63. The highest BCUT2D eigenvalue weighted by molar-refractivity contribution is 5.62. The van der Waals surface area contributed by atoms with Gasteiger partial charge in [-0.1, -0.05) is 60.7 Å². The van der Waals surface area contributed by atoms with Gasteiger partial charge in [0.25, 0.3) is 0 Å². The smallest absolute Gasteiger partial charge is 0.0819 e. The van der Waals surface area contributed by atoms with Crippen LogP contribution in [0.2, 0.25) is 0 Å². The van der Waals surface area contributed by atoms with Crippen LogP contribution in [0, 0.1) is 5.92 Å². The molecule has 1 fully saturated rings. The van der Waals surface area contributed by atoms with E-state index in [1.165, 1.54) is 11.1 Å². The number of rotatable bonds is 5. The SMILES string of the molecule is OC(c1ccccc1)C1CCN(Cc2cn[nH]c2-c2ccccc2)CC1. The fraction of sp³-hybridized carbons (Fsp3) is 0.318. The highest BCUT2D eigenvalue weighted by atomic mass is 16.3. The summed E-state index contributed by atoms with van der Waals surface area (Å²) in [7, 11) is 0. The lowest BCUT2D eigenvalue weighted by Gasteiger charge is -2.34. The lowest BCUT2D eigenvalue weighted by atomic mass is 9.87. The number of piperidine rings is 1. The molecule has 0 amide bonds. The van der Waals surface area contributed by atoms with Gasteiger partial charge in [0.2, 0.25) is 0 Å². The summed E-state index contributed by atoms with van der Waals surface area (Å²) >= 11 is 0. The van der Waals surface area contributed by atoms with Crippen molar-refractivity contribution in [1.82, 2.24) is 15.1 Å². The maximum Gasteiger partial charge on any atom is 0.0819 e. The number of hydrogen-bond acceptors (Lipinski definition) is 3. The van der Waals surface area contributed by atoms with Crippen molar-refractivity contribution in [2.24, 2.45) is 5.92 Å². The molecule has 0 spiro atoms. The molecule has 4 heteroatoms. The Hall–Kier alpha value is -2.43. The van der Waals surface area contributed by atoms with Crippen LogP contribution < -0.4 is 0 Å². The van der Waals surface area contributed by atoms with Crippen molar-refractivity contribution < 1.29 is 5.11 Å². The molecule has 2 heterocycles. The van der Waals surface area contributed by atoms with Gasteiger partial charge in [-0.05, 0) is 43.0 Å². The van der Waals surface area contributed by atoms with E-state index < -0.39 is 0 Å². The van der Waals surface area contributed by atoms with Crippen molar-refractivity contribution in [3.8, 4) is 11.3 Å². The third-order valence-corrected chi connectivity index (χ3v) is 5.39. The number of nitrogens with zero attached hydrogens (tertiary/aromatic N) is 2. The second kappa shape index (κ2) is 7.85. The van der Waals surface area contributed by atoms with Gasteiger partial charge in [-0.3, -0.25) is 10.00 Å². The van der Waals surface area contributed by atoms with Crippen LogP contribution in [-0.2, 0) is 6.54 Å². The van der Waals surface area contributed by atoms with Crippen LogP contribution in [0.3, 0.4) is 0 Å². The van der Waals surface area contributed by atoms with E-state index in [9.17, 15) is 5.11 Å². The van der Waals surface area contributed by atoms with Crippen LogP contribution in [0.5, 0.6) is 0 Å². The Morgan fingerprint density at radius 1 is 1.00 bits per heavy atom. The van der Waals surface area contributed by atoms with E-state index in [-0.39, 0.29) is 6.10 Å². The number of likely N-dealkylation sites (tertiary alicyclic amines) is 1. The number of benzene rings is 2. The third kappa shape index (κ3) is 3.71. The fourth-order valence-corrected chi connectivity index (χ4v) is 3.88. The molecule has 0 radical (unpaired) electrons. The molecule has 1 aliphatic heterocycles. The zero-order valence-electron chi connectivity index (χ0n) is 14.9. The zero-order chi connectivity index (χ0) is 17.8. The average molecular weight is 347 g/mol. The second-order valence-corrected chi connectivity index (χ2v) is 7.11. The van der Waals surface area contributed by atoms with E-state index >= 15 is 0 Å².